The van der Waals surface area contributed by atoms with E-state index < -0.39 is 10.0 Å². The number of hydrogen-bond acceptors (Lipinski definition) is 3. The molecule has 6 heteroatoms. The van der Waals surface area contributed by atoms with Gasteiger partial charge in [-0.15, -0.1) is 11.3 Å². The highest BCUT2D eigenvalue weighted by molar-refractivity contribution is 7.90. The van der Waals surface area contributed by atoms with Crippen molar-refractivity contribution in [3.8, 4) is 11.1 Å². The Morgan fingerprint density at radius 1 is 0.955 bits per heavy atom. The summed E-state index contributed by atoms with van der Waals surface area (Å²) >= 11 is 1.31. The smallest absolute Gasteiger partial charge is 0.223 e. The van der Waals surface area contributed by atoms with E-state index in [4.69, 9.17) is 7.85 Å². The van der Waals surface area contributed by atoms with Crippen LogP contribution in [0, 0.1) is 0 Å². The van der Waals surface area contributed by atoms with Crippen LogP contribution in [0.3, 0.4) is 0 Å². The number of benzene rings is 2. The fraction of sp³-hybridized carbons (Fsp3) is 0. The second kappa shape index (κ2) is 3.83. The molecule has 0 unspecified atom stereocenters. The summed E-state index contributed by atoms with van der Waals surface area (Å²) in [7, 11) is 2.29. The van der Waals surface area contributed by atoms with Crippen molar-refractivity contribution in [2.45, 2.75) is 4.90 Å². The highest BCUT2D eigenvalue weighted by Crippen LogP contribution is 2.45. The lowest BCUT2D eigenvalue weighted by Crippen LogP contribution is -2.17. The van der Waals surface area contributed by atoms with Gasteiger partial charge in [0.1, 0.15) is 12.7 Å². The van der Waals surface area contributed by atoms with Gasteiger partial charge < -0.3 is 0 Å². The predicted octanol–water partition coefficient (Wildman–Crippen LogP) is 2.87. The highest BCUT2D eigenvalue weighted by atomic mass is 32.2. The van der Waals surface area contributed by atoms with E-state index in [1.165, 1.54) is 15.3 Å². The van der Waals surface area contributed by atoms with E-state index in [2.05, 4.69) is 0 Å². The maximum absolute atomic E-state index is 13.1. The van der Waals surface area contributed by atoms with E-state index in [1.54, 1.807) is 12.1 Å². The Bertz CT molecular complexity index is 1200. The van der Waals surface area contributed by atoms with Gasteiger partial charge in [0.15, 0.2) is 0 Å². The third-order valence-electron chi connectivity index (χ3n) is 4.14. The summed E-state index contributed by atoms with van der Waals surface area (Å²) in [5, 5.41) is 1.83. The molecule has 3 nitrogen and oxygen atoms in total. The maximum Gasteiger partial charge on any atom is 0.270 e. The van der Waals surface area contributed by atoms with Gasteiger partial charge in [0.2, 0.25) is 0 Å². The molecular weight excluding hydrogens is 313 g/mol. The van der Waals surface area contributed by atoms with Gasteiger partial charge >= 0.3 is 0 Å². The fourth-order valence-corrected chi connectivity index (χ4v) is 6.20. The van der Waals surface area contributed by atoms with E-state index in [0.29, 0.717) is 14.5 Å². The molecule has 0 amide bonds. The van der Waals surface area contributed by atoms with Crippen LogP contribution in [0.2, 0.25) is 0 Å². The number of nitrogens with zero attached hydrogens (tertiary/aromatic N) is 1. The molecule has 0 spiro atoms. The zero-order valence-electron chi connectivity index (χ0n) is 11.3. The number of para-hydroxylation sites is 1. The van der Waals surface area contributed by atoms with Crippen molar-refractivity contribution < 1.29 is 8.42 Å². The summed E-state index contributed by atoms with van der Waals surface area (Å²) in [6.07, 6.45) is 0. The van der Waals surface area contributed by atoms with E-state index in [0.717, 1.165) is 27.4 Å². The molecule has 0 saturated carbocycles. The third kappa shape index (κ3) is 1.30. The molecule has 4 aromatic rings. The molecule has 0 bridgehead atoms. The molecule has 2 aromatic heterocycles. The minimum Gasteiger partial charge on any atom is -0.223 e. The predicted molar refractivity (Wildman–Crippen MR) is 90.7 cm³/mol. The Kier molecular flexibility index (Phi) is 2.17. The number of hydrogen-bond donors (Lipinski definition) is 0. The summed E-state index contributed by atoms with van der Waals surface area (Å²) in [6, 6.07) is 14.9. The van der Waals surface area contributed by atoms with Crippen molar-refractivity contribution in [3.05, 3.63) is 48.5 Å². The number of rotatable bonds is 0. The van der Waals surface area contributed by atoms with Crippen LogP contribution < -0.4 is 4.78 Å². The highest BCUT2D eigenvalue weighted by Gasteiger charge is 2.32. The second-order valence-corrected chi connectivity index (χ2v) is 8.15. The maximum atomic E-state index is 13.1. The van der Waals surface area contributed by atoms with E-state index in [-0.39, 0.29) is 0 Å². The molecule has 0 saturated heterocycles. The molecule has 0 fully saturated rings. The van der Waals surface area contributed by atoms with Crippen LogP contribution in [0.25, 0.3) is 32.2 Å². The van der Waals surface area contributed by atoms with Crippen molar-refractivity contribution in [1.82, 2.24) is 3.97 Å². The first-order chi connectivity index (χ1) is 10.6. The van der Waals surface area contributed by atoms with Crippen LogP contribution in [0.5, 0.6) is 0 Å². The lowest BCUT2D eigenvalue weighted by molar-refractivity contribution is 0.590. The zero-order chi connectivity index (χ0) is 15.1. The van der Waals surface area contributed by atoms with Gasteiger partial charge in [0.05, 0.1) is 10.4 Å². The molecule has 3 heterocycles. The monoisotopic (exact) mass is 321 g/mol. The zero-order valence-corrected chi connectivity index (χ0v) is 12.9. The van der Waals surface area contributed by atoms with Gasteiger partial charge in [-0.2, -0.15) is 0 Å². The van der Waals surface area contributed by atoms with Gasteiger partial charge in [-0.25, -0.2) is 12.4 Å². The topological polar surface area (TPSA) is 39.1 Å². The average Bonchev–Trinajstić information content (AvgIpc) is 3.01. The summed E-state index contributed by atoms with van der Waals surface area (Å²) in [6.45, 7) is 0. The molecule has 0 N–H and O–H groups in total. The Morgan fingerprint density at radius 2 is 1.73 bits per heavy atom. The normalized spacial score (nSPS) is 15.3. The molecular formula is C16H8BNO2S2. The van der Waals surface area contributed by atoms with Gasteiger partial charge in [-0.05, 0) is 16.9 Å². The first-order valence-corrected chi connectivity index (χ1v) is 9.02. The number of aromatic nitrogens is 1. The van der Waals surface area contributed by atoms with Gasteiger partial charge in [-0.1, -0.05) is 36.4 Å². The van der Waals surface area contributed by atoms with Crippen molar-refractivity contribution in [1.29, 1.82) is 0 Å². The molecule has 2 radical (unpaired) electrons. The first-order valence-electron chi connectivity index (χ1n) is 6.76. The Labute approximate surface area is 132 Å². The molecule has 1 aliphatic heterocycles. The Balaban J connectivity index is 2.17. The molecule has 0 atom stereocenters. The first kappa shape index (κ1) is 12.5. The molecule has 2 aromatic carbocycles. The lowest BCUT2D eigenvalue weighted by Gasteiger charge is -2.20. The van der Waals surface area contributed by atoms with Crippen molar-refractivity contribution >= 4 is 55.1 Å². The second-order valence-electron chi connectivity index (χ2n) is 5.33. The Morgan fingerprint density at radius 3 is 2.59 bits per heavy atom. The molecule has 1 aliphatic rings. The number of thiophene rings is 1. The SMILES string of the molecule is [B]c1cc2c3cccc4c3n(c2s1)S(=O)(=O)c1ccccc1-4. The van der Waals surface area contributed by atoms with Gasteiger partial charge in [-0.3, -0.25) is 0 Å². The largest absolute Gasteiger partial charge is 0.270 e. The van der Waals surface area contributed by atoms with Crippen molar-refractivity contribution in [3.63, 3.8) is 0 Å². The van der Waals surface area contributed by atoms with Crippen LogP contribution in [0.1, 0.15) is 0 Å². The average molecular weight is 321 g/mol. The summed E-state index contributed by atoms with van der Waals surface area (Å²) in [5.74, 6) is 0. The molecule has 5 rings (SSSR count). The number of fused-ring (bicyclic) bond motifs is 5. The summed E-state index contributed by atoms with van der Waals surface area (Å²) < 4.78 is 28.3. The summed E-state index contributed by atoms with van der Waals surface area (Å²) in [4.78, 5) is 1.04. The lowest BCUT2D eigenvalue weighted by atomic mass is 10.0. The fourth-order valence-electron chi connectivity index (χ4n) is 3.28. The summed E-state index contributed by atoms with van der Waals surface area (Å²) in [5.41, 5.74) is 2.46. The molecule has 104 valence electrons. The van der Waals surface area contributed by atoms with E-state index in [9.17, 15) is 8.42 Å². The molecule has 0 aliphatic carbocycles. The third-order valence-corrected chi connectivity index (χ3v) is 6.96. The van der Waals surface area contributed by atoms with Gasteiger partial charge in [0, 0.05) is 21.9 Å². The van der Waals surface area contributed by atoms with E-state index in [1.807, 2.05) is 36.4 Å². The van der Waals surface area contributed by atoms with Crippen molar-refractivity contribution in [2.75, 3.05) is 0 Å². The quantitative estimate of drug-likeness (QED) is 0.411. The van der Waals surface area contributed by atoms with Gasteiger partial charge in [0.25, 0.3) is 10.0 Å². The molecule has 22 heavy (non-hydrogen) atoms. The van der Waals surface area contributed by atoms with Crippen molar-refractivity contribution in [2.24, 2.45) is 0 Å². The van der Waals surface area contributed by atoms with Crippen LogP contribution >= 0.6 is 11.3 Å². The van der Waals surface area contributed by atoms with Crippen LogP contribution in [-0.4, -0.2) is 20.2 Å². The van der Waals surface area contributed by atoms with Crippen LogP contribution in [0.4, 0.5) is 0 Å². The minimum atomic E-state index is -3.61. The standard InChI is InChI=1S/C16H8BNO2S2/c17-14-8-12-11-6-3-5-10-9-4-1-2-7-13(9)22(19,20)18(15(10)11)16(12)21-14/h1-8H. The van der Waals surface area contributed by atoms with Crippen LogP contribution in [0.15, 0.2) is 53.4 Å². The minimum absolute atomic E-state index is 0.347. The van der Waals surface area contributed by atoms with Crippen LogP contribution in [-0.2, 0) is 10.0 Å². The van der Waals surface area contributed by atoms with E-state index >= 15 is 0 Å². The Hall–Kier alpha value is -2.05.